The van der Waals surface area contributed by atoms with Gasteiger partial charge >= 0.3 is 0 Å². The highest BCUT2D eigenvalue weighted by Crippen LogP contribution is 2.50. The maximum atomic E-state index is 13.6. The molecule has 0 atom stereocenters. The van der Waals surface area contributed by atoms with Gasteiger partial charge in [-0.2, -0.15) is 0 Å². The van der Waals surface area contributed by atoms with E-state index in [1.54, 1.807) is 23.9 Å². The van der Waals surface area contributed by atoms with Crippen LogP contribution >= 0.6 is 11.3 Å². The molecule has 5 nitrogen and oxygen atoms in total. The van der Waals surface area contributed by atoms with Crippen LogP contribution in [0.2, 0.25) is 0 Å². The lowest BCUT2D eigenvalue weighted by molar-refractivity contribution is -0.124. The summed E-state index contributed by atoms with van der Waals surface area (Å²) in [6.45, 7) is 4.70. The molecule has 4 heterocycles. The molecule has 1 aromatic carbocycles. The minimum Gasteiger partial charge on any atom is -0.470 e. The van der Waals surface area contributed by atoms with Gasteiger partial charge in [-0.05, 0) is 44.5 Å². The fourth-order valence-electron chi connectivity index (χ4n) is 4.44. The van der Waals surface area contributed by atoms with E-state index in [2.05, 4.69) is 21.3 Å². The molecule has 1 fully saturated rings. The van der Waals surface area contributed by atoms with Crippen molar-refractivity contribution in [2.75, 3.05) is 18.0 Å². The van der Waals surface area contributed by atoms with Crippen molar-refractivity contribution in [3.63, 3.8) is 0 Å². The van der Waals surface area contributed by atoms with Gasteiger partial charge in [0.2, 0.25) is 5.91 Å². The van der Waals surface area contributed by atoms with Crippen molar-refractivity contribution >= 4 is 28.6 Å². The van der Waals surface area contributed by atoms with Gasteiger partial charge in [0.15, 0.2) is 0 Å². The summed E-state index contributed by atoms with van der Waals surface area (Å²) in [6, 6.07) is 10.1. The highest BCUT2D eigenvalue weighted by molar-refractivity contribution is 7.09. The first-order valence-corrected chi connectivity index (χ1v) is 10.1. The Morgan fingerprint density at radius 1 is 1.22 bits per heavy atom. The molecule has 0 aliphatic carbocycles. The van der Waals surface area contributed by atoms with Crippen molar-refractivity contribution in [2.45, 2.75) is 31.7 Å². The lowest BCUT2D eigenvalue weighted by Crippen LogP contribution is -2.47. The molecule has 2 aromatic heterocycles. The minimum atomic E-state index is -0.428. The number of carbonyl (C=O) groups is 1. The van der Waals surface area contributed by atoms with Crippen molar-refractivity contribution in [1.29, 1.82) is 0 Å². The number of hydrogen-bond acceptors (Lipinski definition) is 5. The predicted octanol–water partition coefficient (Wildman–Crippen LogP) is 4.26. The van der Waals surface area contributed by atoms with Gasteiger partial charge < -0.3 is 4.42 Å². The van der Waals surface area contributed by atoms with E-state index >= 15 is 0 Å². The van der Waals surface area contributed by atoms with Gasteiger partial charge in [0, 0.05) is 18.0 Å². The number of hydrogen-bond donors (Lipinski definition) is 0. The number of nitrogens with zero attached hydrogens (tertiary/aromatic N) is 3. The summed E-state index contributed by atoms with van der Waals surface area (Å²) in [7, 11) is 0. The van der Waals surface area contributed by atoms with Gasteiger partial charge in [-0.25, -0.2) is 4.98 Å². The molecule has 0 bridgehead atoms. The van der Waals surface area contributed by atoms with Crippen LogP contribution in [0.15, 0.2) is 52.7 Å². The maximum absolute atomic E-state index is 13.6. The van der Waals surface area contributed by atoms with Crippen molar-refractivity contribution in [3.8, 4) is 0 Å². The Morgan fingerprint density at radius 2 is 2.04 bits per heavy atom. The molecule has 0 unspecified atom stereocenters. The third kappa shape index (κ3) is 2.63. The Kier molecular flexibility index (Phi) is 3.91. The number of likely N-dealkylation sites (tertiary alicyclic amines) is 1. The summed E-state index contributed by atoms with van der Waals surface area (Å²) in [5.74, 6) is 0.175. The molecule has 0 N–H and O–H groups in total. The van der Waals surface area contributed by atoms with Crippen LogP contribution in [0, 0.1) is 6.92 Å². The third-order valence-electron chi connectivity index (χ3n) is 5.80. The fourth-order valence-corrected chi connectivity index (χ4v) is 5.04. The van der Waals surface area contributed by atoms with E-state index < -0.39 is 5.41 Å². The van der Waals surface area contributed by atoms with E-state index in [-0.39, 0.29) is 5.91 Å². The first kappa shape index (κ1) is 16.7. The quantitative estimate of drug-likeness (QED) is 0.682. The number of para-hydroxylation sites is 1. The first-order chi connectivity index (χ1) is 13.2. The summed E-state index contributed by atoms with van der Waals surface area (Å²) >= 11 is 1.69. The van der Waals surface area contributed by atoms with Crippen LogP contribution in [0.25, 0.3) is 0 Å². The zero-order chi connectivity index (χ0) is 18.4. The molecule has 2 aliphatic rings. The Bertz CT molecular complexity index is 971. The van der Waals surface area contributed by atoms with Crippen LogP contribution in [0.3, 0.4) is 0 Å². The number of piperidine rings is 1. The highest BCUT2D eigenvalue weighted by Gasteiger charge is 2.52. The molecule has 0 radical (unpaired) electrons. The molecule has 5 rings (SSSR count). The van der Waals surface area contributed by atoms with Crippen LogP contribution in [0.4, 0.5) is 11.4 Å². The van der Waals surface area contributed by atoms with E-state index in [0.29, 0.717) is 0 Å². The number of furan rings is 1. The lowest BCUT2D eigenvalue weighted by atomic mass is 9.73. The van der Waals surface area contributed by atoms with Crippen LogP contribution in [-0.2, 0) is 16.8 Å². The largest absolute Gasteiger partial charge is 0.470 e. The van der Waals surface area contributed by atoms with Crippen LogP contribution in [-0.4, -0.2) is 28.9 Å². The van der Waals surface area contributed by atoms with Gasteiger partial charge in [0.05, 0.1) is 33.8 Å². The monoisotopic (exact) mass is 379 g/mol. The van der Waals surface area contributed by atoms with Crippen molar-refractivity contribution < 1.29 is 9.21 Å². The number of anilines is 2. The fraction of sp³-hybridized carbons (Fsp3) is 0.333. The maximum Gasteiger partial charge on any atom is 0.242 e. The van der Waals surface area contributed by atoms with Gasteiger partial charge in [0.1, 0.15) is 6.26 Å². The number of aromatic nitrogens is 1. The molecule has 27 heavy (non-hydrogen) atoms. The molecule has 1 saturated heterocycles. The number of thiazole rings is 1. The number of amides is 1. The van der Waals surface area contributed by atoms with Gasteiger partial charge in [0.25, 0.3) is 0 Å². The molecular weight excluding hydrogens is 358 g/mol. The van der Waals surface area contributed by atoms with Crippen molar-refractivity contribution in [1.82, 2.24) is 9.88 Å². The summed E-state index contributed by atoms with van der Waals surface area (Å²) in [6.07, 6.45) is 4.93. The number of rotatable bonds is 3. The van der Waals surface area contributed by atoms with E-state index in [4.69, 9.17) is 4.42 Å². The van der Waals surface area contributed by atoms with Crippen LogP contribution in [0.1, 0.15) is 29.1 Å². The number of benzene rings is 1. The third-order valence-corrected chi connectivity index (χ3v) is 6.62. The number of fused-ring (bicyclic) bond motifs is 2. The molecular formula is C21H21N3O2S. The molecule has 0 saturated carbocycles. The summed E-state index contributed by atoms with van der Waals surface area (Å²) in [5.41, 5.74) is 3.66. The Labute approximate surface area is 162 Å². The van der Waals surface area contributed by atoms with Crippen molar-refractivity contribution in [2.24, 2.45) is 0 Å². The second-order valence-corrected chi connectivity index (χ2v) is 8.42. The molecule has 1 spiro atoms. The highest BCUT2D eigenvalue weighted by atomic mass is 32.1. The molecule has 2 aliphatic heterocycles. The SMILES string of the molecule is Cc1nc(CN2CCC3(CC2)C(=O)N(c2ccoc2)c2ccccc23)cs1. The lowest BCUT2D eigenvalue weighted by Gasteiger charge is -2.38. The zero-order valence-corrected chi connectivity index (χ0v) is 16.0. The van der Waals surface area contributed by atoms with E-state index in [0.717, 1.165) is 60.1 Å². The normalized spacial score (nSPS) is 19.0. The molecule has 1 amide bonds. The average Bonchev–Trinajstić information content (AvgIpc) is 3.39. The molecule has 6 heteroatoms. The van der Waals surface area contributed by atoms with Crippen molar-refractivity contribution in [3.05, 3.63) is 64.5 Å². The van der Waals surface area contributed by atoms with E-state index in [1.807, 2.05) is 36.1 Å². The zero-order valence-electron chi connectivity index (χ0n) is 15.2. The van der Waals surface area contributed by atoms with E-state index in [1.165, 1.54) is 0 Å². The van der Waals surface area contributed by atoms with E-state index in [9.17, 15) is 4.79 Å². The van der Waals surface area contributed by atoms with Crippen LogP contribution in [0.5, 0.6) is 0 Å². The smallest absolute Gasteiger partial charge is 0.242 e. The first-order valence-electron chi connectivity index (χ1n) is 9.27. The second kappa shape index (κ2) is 6.32. The summed E-state index contributed by atoms with van der Waals surface area (Å²) in [5, 5.41) is 3.24. The van der Waals surface area contributed by atoms with Gasteiger partial charge in [-0.15, -0.1) is 11.3 Å². The number of carbonyl (C=O) groups excluding carboxylic acids is 1. The Hall–Kier alpha value is -2.44. The summed E-state index contributed by atoms with van der Waals surface area (Å²) < 4.78 is 5.24. The van der Waals surface area contributed by atoms with Gasteiger partial charge in [-0.3, -0.25) is 14.6 Å². The van der Waals surface area contributed by atoms with Crippen LogP contribution < -0.4 is 4.90 Å². The Morgan fingerprint density at radius 3 is 2.74 bits per heavy atom. The Balaban J connectivity index is 1.42. The standard InChI is InChI=1S/C21H21N3O2S/c1-15-22-16(14-27-15)12-23-9-7-21(8-10-23)18-4-2-3-5-19(18)24(20(21)25)17-6-11-26-13-17/h2-6,11,13-14H,7-10,12H2,1H3. The average molecular weight is 379 g/mol. The second-order valence-electron chi connectivity index (χ2n) is 7.36. The topological polar surface area (TPSA) is 49.6 Å². The summed E-state index contributed by atoms with van der Waals surface area (Å²) in [4.78, 5) is 22.4. The predicted molar refractivity (Wildman–Crippen MR) is 105 cm³/mol. The minimum absolute atomic E-state index is 0.175. The van der Waals surface area contributed by atoms with Gasteiger partial charge in [-0.1, -0.05) is 18.2 Å². The molecule has 138 valence electrons. The molecule has 3 aromatic rings. The number of aryl methyl sites for hydroxylation is 1.